The summed E-state index contributed by atoms with van der Waals surface area (Å²) in [7, 11) is 0. The summed E-state index contributed by atoms with van der Waals surface area (Å²) < 4.78 is 4.91. The van der Waals surface area contributed by atoms with Crippen LogP contribution in [0.3, 0.4) is 0 Å². The van der Waals surface area contributed by atoms with E-state index in [-0.39, 0.29) is 12.0 Å². The predicted molar refractivity (Wildman–Crippen MR) is 66.1 cm³/mol. The van der Waals surface area contributed by atoms with Crippen LogP contribution in [0.15, 0.2) is 30.3 Å². The molecule has 0 unspecified atom stereocenters. The molecule has 1 saturated heterocycles. The van der Waals surface area contributed by atoms with Gasteiger partial charge in [0, 0.05) is 18.7 Å². The Morgan fingerprint density at radius 1 is 1.17 bits per heavy atom. The van der Waals surface area contributed by atoms with Crippen LogP contribution in [0.4, 0.5) is 4.79 Å². The van der Waals surface area contributed by atoms with Gasteiger partial charge < -0.3 is 9.64 Å². The zero-order valence-corrected chi connectivity index (χ0v) is 10.3. The SMILES string of the molecule is CCOC(=O)N1CCN(C(=O)c2ccccc2)C1. The second kappa shape index (κ2) is 5.53. The molecule has 1 heterocycles. The molecule has 1 aromatic rings. The van der Waals surface area contributed by atoms with E-state index in [1.807, 2.05) is 18.2 Å². The Kier molecular flexibility index (Phi) is 3.82. The molecular formula is C13H16N2O3. The zero-order valence-electron chi connectivity index (χ0n) is 10.3. The third-order valence-corrected chi connectivity index (χ3v) is 2.82. The molecule has 96 valence electrons. The molecule has 0 radical (unpaired) electrons. The normalized spacial score (nSPS) is 14.7. The minimum atomic E-state index is -0.360. The van der Waals surface area contributed by atoms with Crippen LogP contribution in [0.25, 0.3) is 0 Å². The molecule has 2 amide bonds. The van der Waals surface area contributed by atoms with Gasteiger partial charge in [0.15, 0.2) is 0 Å². The molecule has 5 heteroatoms. The van der Waals surface area contributed by atoms with Crippen molar-refractivity contribution < 1.29 is 14.3 Å². The highest BCUT2D eigenvalue weighted by molar-refractivity contribution is 5.94. The molecule has 0 aromatic heterocycles. The zero-order chi connectivity index (χ0) is 13.0. The lowest BCUT2D eigenvalue weighted by atomic mass is 10.2. The highest BCUT2D eigenvalue weighted by Crippen LogP contribution is 2.11. The maximum absolute atomic E-state index is 12.1. The van der Waals surface area contributed by atoms with Gasteiger partial charge in [0.1, 0.15) is 0 Å². The van der Waals surface area contributed by atoms with E-state index in [4.69, 9.17) is 4.74 Å². The summed E-state index contributed by atoms with van der Waals surface area (Å²) in [5.74, 6) is -0.0533. The molecule has 1 fully saturated rings. The lowest BCUT2D eigenvalue weighted by Crippen LogP contribution is -2.34. The van der Waals surface area contributed by atoms with Crippen molar-refractivity contribution in [1.29, 1.82) is 0 Å². The van der Waals surface area contributed by atoms with Crippen molar-refractivity contribution in [2.24, 2.45) is 0 Å². The highest BCUT2D eigenvalue weighted by atomic mass is 16.6. The molecule has 1 aromatic carbocycles. The van der Waals surface area contributed by atoms with Crippen LogP contribution in [-0.2, 0) is 4.74 Å². The fraction of sp³-hybridized carbons (Fsp3) is 0.385. The summed E-state index contributed by atoms with van der Waals surface area (Å²) in [6, 6.07) is 9.06. The summed E-state index contributed by atoms with van der Waals surface area (Å²) in [6.45, 7) is 3.49. The Bertz CT molecular complexity index is 433. The summed E-state index contributed by atoms with van der Waals surface area (Å²) in [5.41, 5.74) is 0.642. The lowest BCUT2D eigenvalue weighted by Gasteiger charge is -2.17. The first kappa shape index (κ1) is 12.4. The summed E-state index contributed by atoms with van der Waals surface area (Å²) in [5, 5.41) is 0. The molecule has 2 rings (SSSR count). The van der Waals surface area contributed by atoms with Crippen molar-refractivity contribution in [3.63, 3.8) is 0 Å². The number of ether oxygens (including phenoxy) is 1. The molecule has 5 nitrogen and oxygen atoms in total. The average molecular weight is 248 g/mol. The van der Waals surface area contributed by atoms with Crippen molar-refractivity contribution in [2.45, 2.75) is 6.92 Å². The van der Waals surface area contributed by atoms with Gasteiger partial charge in [0.05, 0.1) is 13.3 Å². The standard InChI is InChI=1S/C13H16N2O3/c1-2-18-13(17)15-9-8-14(10-15)12(16)11-6-4-3-5-7-11/h3-7H,2,8-10H2,1H3. The largest absolute Gasteiger partial charge is 0.450 e. The van der Waals surface area contributed by atoms with Crippen molar-refractivity contribution in [2.75, 3.05) is 26.4 Å². The van der Waals surface area contributed by atoms with Crippen molar-refractivity contribution in [1.82, 2.24) is 9.80 Å². The van der Waals surface area contributed by atoms with Crippen molar-refractivity contribution in [3.05, 3.63) is 35.9 Å². The Morgan fingerprint density at radius 3 is 2.50 bits per heavy atom. The van der Waals surface area contributed by atoms with Crippen LogP contribution >= 0.6 is 0 Å². The van der Waals surface area contributed by atoms with E-state index in [1.54, 1.807) is 24.0 Å². The summed E-state index contributed by atoms with van der Waals surface area (Å²) in [4.78, 5) is 26.8. The molecule has 1 aliphatic heterocycles. The van der Waals surface area contributed by atoms with E-state index >= 15 is 0 Å². The molecule has 0 saturated carbocycles. The first-order valence-electron chi connectivity index (χ1n) is 5.98. The number of rotatable bonds is 2. The molecule has 1 aliphatic rings. The van der Waals surface area contributed by atoms with Crippen molar-refractivity contribution in [3.8, 4) is 0 Å². The van der Waals surface area contributed by atoms with Gasteiger partial charge in [-0.05, 0) is 19.1 Å². The highest BCUT2D eigenvalue weighted by Gasteiger charge is 2.28. The minimum Gasteiger partial charge on any atom is -0.450 e. The van der Waals surface area contributed by atoms with E-state index < -0.39 is 0 Å². The number of carbonyl (C=O) groups excluding carboxylic acids is 2. The van der Waals surface area contributed by atoms with Gasteiger partial charge in [-0.25, -0.2) is 4.79 Å². The van der Waals surface area contributed by atoms with Crippen LogP contribution in [-0.4, -0.2) is 48.2 Å². The molecule has 0 aliphatic carbocycles. The minimum absolute atomic E-state index is 0.0533. The van der Waals surface area contributed by atoms with E-state index in [0.29, 0.717) is 31.9 Å². The van der Waals surface area contributed by atoms with Crippen molar-refractivity contribution >= 4 is 12.0 Å². The average Bonchev–Trinajstić information content (AvgIpc) is 2.89. The third-order valence-electron chi connectivity index (χ3n) is 2.82. The fourth-order valence-electron chi connectivity index (χ4n) is 1.88. The Balaban J connectivity index is 1.97. The molecule has 0 N–H and O–H groups in total. The van der Waals surface area contributed by atoms with Crippen LogP contribution in [0.2, 0.25) is 0 Å². The number of amides is 2. The number of nitrogens with zero attached hydrogens (tertiary/aromatic N) is 2. The molecular weight excluding hydrogens is 232 g/mol. The van der Waals surface area contributed by atoms with E-state index in [2.05, 4.69) is 0 Å². The van der Waals surface area contributed by atoms with E-state index in [1.165, 1.54) is 4.90 Å². The van der Waals surface area contributed by atoms with Gasteiger partial charge in [0.25, 0.3) is 5.91 Å². The first-order chi connectivity index (χ1) is 8.72. The third kappa shape index (κ3) is 2.61. The Hall–Kier alpha value is -2.04. The fourth-order valence-corrected chi connectivity index (χ4v) is 1.88. The Labute approximate surface area is 106 Å². The number of benzene rings is 1. The van der Waals surface area contributed by atoms with Crippen LogP contribution in [0.1, 0.15) is 17.3 Å². The van der Waals surface area contributed by atoms with Crippen LogP contribution in [0, 0.1) is 0 Å². The smallest absolute Gasteiger partial charge is 0.411 e. The van der Waals surface area contributed by atoms with Gasteiger partial charge >= 0.3 is 6.09 Å². The molecule has 0 atom stereocenters. The predicted octanol–water partition coefficient (Wildman–Crippen LogP) is 1.56. The summed E-state index contributed by atoms with van der Waals surface area (Å²) >= 11 is 0. The molecule has 18 heavy (non-hydrogen) atoms. The van der Waals surface area contributed by atoms with Gasteiger partial charge in [-0.15, -0.1) is 0 Å². The van der Waals surface area contributed by atoms with Gasteiger partial charge in [-0.2, -0.15) is 0 Å². The van der Waals surface area contributed by atoms with Gasteiger partial charge in [-0.1, -0.05) is 18.2 Å². The quantitative estimate of drug-likeness (QED) is 0.798. The molecule has 0 spiro atoms. The van der Waals surface area contributed by atoms with E-state index in [9.17, 15) is 9.59 Å². The number of hydrogen-bond donors (Lipinski definition) is 0. The maximum Gasteiger partial charge on any atom is 0.411 e. The monoisotopic (exact) mass is 248 g/mol. The molecule has 0 bridgehead atoms. The Morgan fingerprint density at radius 2 is 1.83 bits per heavy atom. The van der Waals surface area contributed by atoms with E-state index in [0.717, 1.165) is 0 Å². The lowest BCUT2D eigenvalue weighted by molar-refractivity contribution is 0.0747. The van der Waals surface area contributed by atoms with Gasteiger partial charge in [-0.3, -0.25) is 9.69 Å². The maximum atomic E-state index is 12.1. The van der Waals surface area contributed by atoms with Crippen LogP contribution < -0.4 is 0 Å². The number of carbonyl (C=O) groups is 2. The summed E-state index contributed by atoms with van der Waals surface area (Å²) in [6.07, 6.45) is -0.360. The first-order valence-corrected chi connectivity index (χ1v) is 5.98. The topological polar surface area (TPSA) is 49.9 Å². The second-order valence-corrected chi connectivity index (χ2v) is 4.04. The van der Waals surface area contributed by atoms with Crippen LogP contribution in [0.5, 0.6) is 0 Å². The number of hydrogen-bond acceptors (Lipinski definition) is 3. The van der Waals surface area contributed by atoms with Gasteiger partial charge in [0.2, 0.25) is 0 Å². The second-order valence-electron chi connectivity index (χ2n) is 4.04.